The van der Waals surface area contributed by atoms with Crippen molar-refractivity contribution in [3.05, 3.63) is 22.7 Å². The van der Waals surface area contributed by atoms with Crippen molar-refractivity contribution < 1.29 is 19.0 Å². The van der Waals surface area contributed by atoms with Gasteiger partial charge in [0.25, 0.3) is 0 Å². The number of carbonyl (C=O) groups excluding carboxylic acids is 1. The number of carbonyl (C=O) groups is 1. The fourth-order valence-electron chi connectivity index (χ4n) is 1.24. The Morgan fingerprint density at radius 2 is 2.29 bits per heavy atom. The molecular weight excluding hydrogens is 208 g/mol. The minimum absolute atomic E-state index is 0.0969. The number of ether oxygens (including phenoxy) is 3. The Morgan fingerprint density at radius 3 is 3.00 bits per heavy atom. The van der Waals surface area contributed by atoms with Gasteiger partial charge in [0.05, 0.1) is 12.1 Å². The third kappa shape index (κ3) is 1.28. The van der Waals surface area contributed by atoms with Crippen molar-refractivity contribution in [2.45, 2.75) is 0 Å². The number of rotatable bonds is 1. The summed E-state index contributed by atoms with van der Waals surface area (Å²) in [5, 5.41) is 0.293. The standard InChI is InChI=1S/C9H7ClO4/c1-12-9(11)7-5(10)2-3-6-8(7)14-4-13-6/h2-3H,4H2,1H3. The van der Waals surface area contributed by atoms with Gasteiger partial charge < -0.3 is 14.2 Å². The normalized spacial score (nSPS) is 12.7. The molecule has 74 valence electrons. The van der Waals surface area contributed by atoms with Gasteiger partial charge in [0.1, 0.15) is 5.56 Å². The minimum atomic E-state index is -0.530. The van der Waals surface area contributed by atoms with Crippen LogP contribution in [0.5, 0.6) is 11.5 Å². The summed E-state index contributed by atoms with van der Waals surface area (Å²) >= 11 is 5.85. The second kappa shape index (κ2) is 3.38. The third-order valence-electron chi connectivity index (χ3n) is 1.88. The maximum atomic E-state index is 11.4. The minimum Gasteiger partial charge on any atom is -0.465 e. The molecule has 1 aliphatic rings. The topological polar surface area (TPSA) is 44.8 Å². The highest BCUT2D eigenvalue weighted by molar-refractivity contribution is 6.34. The van der Waals surface area contributed by atoms with Crippen LogP contribution in [0.25, 0.3) is 0 Å². The van der Waals surface area contributed by atoms with Crippen LogP contribution in [-0.4, -0.2) is 19.9 Å². The number of halogens is 1. The molecule has 0 aliphatic carbocycles. The van der Waals surface area contributed by atoms with E-state index < -0.39 is 5.97 Å². The van der Waals surface area contributed by atoms with Gasteiger partial charge in [-0.3, -0.25) is 0 Å². The van der Waals surface area contributed by atoms with Crippen molar-refractivity contribution in [2.24, 2.45) is 0 Å². The maximum absolute atomic E-state index is 11.4. The summed E-state index contributed by atoms with van der Waals surface area (Å²) in [6, 6.07) is 3.22. The molecular formula is C9H7ClO4. The van der Waals surface area contributed by atoms with Gasteiger partial charge in [0, 0.05) is 0 Å². The average molecular weight is 215 g/mol. The van der Waals surface area contributed by atoms with Crippen molar-refractivity contribution >= 4 is 17.6 Å². The lowest BCUT2D eigenvalue weighted by atomic mass is 10.2. The van der Waals surface area contributed by atoms with Crippen molar-refractivity contribution in [1.29, 1.82) is 0 Å². The van der Waals surface area contributed by atoms with Gasteiger partial charge >= 0.3 is 5.97 Å². The van der Waals surface area contributed by atoms with Crippen LogP contribution in [0.3, 0.4) is 0 Å². The smallest absolute Gasteiger partial charge is 0.343 e. The molecule has 0 amide bonds. The molecule has 0 saturated heterocycles. The summed E-state index contributed by atoms with van der Waals surface area (Å²) in [4.78, 5) is 11.4. The second-order valence-corrected chi connectivity index (χ2v) is 3.05. The highest BCUT2D eigenvalue weighted by atomic mass is 35.5. The predicted molar refractivity (Wildman–Crippen MR) is 48.9 cm³/mol. The Labute approximate surface area is 85.3 Å². The molecule has 0 fully saturated rings. The zero-order valence-electron chi connectivity index (χ0n) is 7.37. The van der Waals surface area contributed by atoms with E-state index in [4.69, 9.17) is 21.1 Å². The van der Waals surface area contributed by atoms with Crippen molar-refractivity contribution in [2.75, 3.05) is 13.9 Å². The van der Waals surface area contributed by atoms with Gasteiger partial charge in [-0.1, -0.05) is 11.6 Å². The Kier molecular flexibility index (Phi) is 2.21. The number of fused-ring (bicyclic) bond motifs is 1. The van der Waals surface area contributed by atoms with Crippen molar-refractivity contribution in [3.8, 4) is 11.5 Å². The molecule has 14 heavy (non-hydrogen) atoms. The average Bonchev–Trinajstić information content (AvgIpc) is 2.64. The quantitative estimate of drug-likeness (QED) is 0.670. The Balaban J connectivity index is 2.57. The Hall–Kier alpha value is -1.42. The molecule has 0 N–H and O–H groups in total. The molecule has 1 heterocycles. The molecule has 0 atom stereocenters. The fourth-order valence-corrected chi connectivity index (χ4v) is 1.47. The van der Waals surface area contributed by atoms with Crippen LogP contribution >= 0.6 is 11.6 Å². The van der Waals surface area contributed by atoms with E-state index in [1.54, 1.807) is 12.1 Å². The van der Waals surface area contributed by atoms with Crippen molar-refractivity contribution in [1.82, 2.24) is 0 Å². The SMILES string of the molecule is COC(=O)c1c(Cl)ccc2c1OCO2. The van der Waals surface area contributed by atoms with Gasteiger partial charge in [-0.15, -0.1) is 0 Å². The van der Waals surface area contributed by atoms with E-state index in [1.807, 2.05) is 0 Å². The van der Waals surface area contributed by atoms with E-state index in [2.05, 4.69) is 4.74 Å². The van der Waals surface area contributed by atoms with E-state index >= 15 is 0 Å². The predicted octanol–water partition coefficient (Wildman–Crippen LogP) is 1.86. The largest absolute Gasteiger partial charge is 0.465 e. The zero-order valence-corrected chi connectivity index (χ0v) is 8.13. The lowest BCUT2D eigenvalue weighted by Gasteiger charge is -2.05. The zero-order chi connectivity index (χ0) is 10.1. The van der Waals surface area contributed by atoms with Gasteiger partial charge in [-0.25, -0.2) is 4.79 Å². The van der Waals surface area contributed by atoms with Gasteiger partial charge in [0.2, 0.25) is 6.79 Å². The summed E-state index contributed by atoms with van der Waals surface area (Å²) in [6.07, 6.45) is 0. The fraction of sp³-hybridized carbons (Fsp3) is 0.222. The van der Waals surface area contributed by atoms with Crippen LogP contribution in [0.2, 0.25) is 5.02 Å². The van der Waals surface area contributed by atoms with Gasteiger partial charge in [0.15, 0.2) is 11.5 Å². The van der Waals surface area contributed by atoms with E-state index in [0.29, 0.717) is 16.5 Å². The van der Waals surface area contributed by atoms with E-state index in [9.17, 15) is 4.79 Å². The molecule has 1 aliphatic heterocycles. The Morgan fingerprint density at radius 1 is 1.50 bits per heavy atom. The number of esters is 1. The number of hydrogen-bond acceptors (Lipinski definition) is 4. The Bertz CT molecular complexity index is 389. The molecule has 1 aromatic carbocycles. The van der Waals surface area contributed by atoms with E-state index in [-0.39, 0.29) is 12.4 Å². The number of methoxy groups -OCH3 is 1. The summed E-state index contributed by atoms with van der Waals surface area (Å²) in [7, 11) is 1.29. The molecule has 0 spiro atoms. The van der Waals surface area contributed by atoms with E-state index in [0.717, 1.165) is 0 Å². The van der Waals surface area contributed by atoms with E-state index in [1.165, 1.54) is 7.11 Å². The second-order valence-electron chi connectivity index (χ2n) is 2.65. The molecule has 0 saturated carbocycles. The molecule has 0 bridgehead atoms. The first-order valence-corrected chi connectivity index (χ1v) is 4.28. The van der Waals surface area contributed by atoms with Crippen LogP contribution in [0.4, 0.5) is 0 Å². The number of hydrogen-bond donors (Lipinski definition) is 0. The molecule has 0 radical (unpaired) electrons. The lowest BCUT2D eigenvalue weighted by Crippen LogP contribution is -2.04. The summed E-state index contributed by atoms with van der Waals surface area (Å²) in [6.45, 7) is 0.0969. The van der Waals surface area contributed by atoms with Crippen LogP contribution in [0.15, 0.2) is 12.1 Å². The highest BCUT2D eigenvalue weighted by Crippen LogP contribution is 2.39. The van der Waals surface area contributed by atoms with Crippen molar-refractivity contribution in [3.63, 3.8) is 0 Å². The molecule has 0 aromatic heterocycles. The molecule has 1 aromatic rings. The number of benzene rings is 1. The van der Waals surface area contributed by atoms with Gasteiger partial charge in [-0.05, 0) is 12.1 Å². The first-order chi connectivity index (χ1) is 6.74. The highest BCUT2D eigenvalue weighted by Gasteiger charge is 2.25. The molecule has 4 nitrogen and oxygen atoms in total. The summed E-state index contributed by atoms with van der Waals surface area (Å²) in [5.41, 5.74) is 0.212. The first kappa shape index (κ1) is 9.15. The van der Waals surface area contributed by atoms with Crippen LogP contribution in [-0.2, 0) is 4.74 Å². The summed E-state index contributed by atoms with van der Waals surface area (Å²) in [5.74, 6) is 0.330. The van der Waals surface area contributed by atoms with Crippen LogP contribution in [0, 0.1) is 0 Å². The van der Waals surface area contributed by atoms with Crippen LogP contribution in [0.1, 0.15) is 10.4 Å². The monoisotopic (exact) mass is 214 g/mol. The summed E-state index contributed by atoms with van der Waals surface area (Å²) < 4.78 is 14.8. The third-order valence-corrected chi connectivity index (χ3v) is 2.19. The van der Waals surface area contributed by atoms with Gasteiger partial charge in [-0.2, -0.15) is 0 Å². The lowest BCUT2D eigenvalue weighted by molar-refractivity contribution is 0.0596. The molecule has 2 rings (SSSR count). The first-order valence-electron chi connectivity index (χ1n) is 3.90. The maximum Gasteiger partial charge on any atom is 0.343 e. The molecule has 0 unspecified atom stereocenters. The molecule has 5 heteroatoms. The van der Waals surface area contributed by atoms with Crippen LogP contribution < -0.4 is 9.47 Å².